The van der Waals surface area contributed by atoms with Crippen molar-refractivity contribution in [3.8, 4) is 5.75 Å². The minimum atomic E-state index is -3.28. The number of nitrogens with one attached hydrogen (secondary N) is 1. The molecule has 7 nitrogen and oxygen atoms in total. The standard InChI is InChI=1S/C22H28FN3O4S/c1-13(2)20(17-8-7-9-18(23)15(17)4)30-19-12-24-21(26-16(19)5)22(27)25-14(3)10-11-31(6,28)29/h7-14,20H,1-6H3,(H,25,27)/b11-10+/t14-,20+/m1/s1. The van der Waals surface area contributed by atoms with Gasteiger partial charge in [0.15, 0.2) is 15.6 Å². The van der Waals surface area contributed by atoms with Gasteiger partial charge in [0, 0.05) is 17.7 Å². The van der Waals surface area contributed by atoms with E-state index < -0.39 is 27.9 Å². The molecule has 1 amide bonds. The molecular weight excluding hydrogens is 421 g/mol. The molecule has 0 saturated heterocycles. The molecule has 0 bridgehead atoms. The maximum Gasteiger partial charge on any atom is 0.289 e. The molecular formula is C22H28FN3O4S. The van der Waals surface area contributed by atoms with E-state index >= 15 is 0 Å². The number of nitrogens with zero attached hydrogens (tertiary/aromatic N) is 2. The Morgan fingerprint density at radius 1 is 1.23 bits per heavy atom. The normalized spacial score (nSPS) is 13.9. The lowest BCUT2D eigenvalue weighted by Crippen LogP contribution is -2.32. The van der Waals surface area contributed by atoms with Crippen molar-refractivity contribution in [2.45, 2.75) is 46.8 Å². The zero-order chi connectivity index (χ0) is 23.3. The van der Waals surface area contributed by atoms with Crippen molar-refractivity contribution in [2.75, 3.05) is 6.26 Å². The van der Waals surface area contributed by atoms with E-state index in [0.717, 1.165) is 17.2 Å². The second-order valence-electron chi connectivity index (χ2n) is 7.80. The molecule has 0 radical (unpaired) electrons. The van der Waals surface area contributed by atoms with Crippen LogP contribution in [0.25, 0.3) is 0 Å². The summed E-state index contributed by atoms with van der Waals surface area (Å²) in [6.07, 6.45) is 3.43. The van der Waals surface area contributed by atoms with E-state index in [0.29, 0.717) is 17.0 Å². The third-order valence-corrected chi connectivity index (χ3v) is 5.24. The second kappa shape index (κ2) is 10.00. The van der Waals surface area contributed by atoms with Crippen LogP contribution in [0.15, 0.2) is 35.9 Å². The predicted octanol–water partition coefficient (Wildman–Crippen LogP) is 3.69. The average molecular weight is 450 g/mol. The molecule has 0 aliphatic rings. The van der Waals surface area contributed by atoms with E-state index in [9.17, 15) is 17.6 Å². The zero-order valence-electron chi connectivity index (χ0n) is 18.5. The van der Waals surface area contributed by atoms with E-state index in [2.05, 4.69) is 15.3 Å². The van der Waals surface area contributed by atoms with Gasteiger partial charge in [0.25, 0.3) is 5.91 Å². The molecule has 0 spiro atoms. The molecule has 0 unspecified atom stereocenters. The first-order valence-corrected chi connectivity index (χ1v) is 11.8. The summed E-state index contributed by atoms with van der Waals surface area (Å²) in [4.78, 5) is 20.7. The topological polar surface area (TPSA) is 98.2 Å². The number of hydrogen-bond donors (Lipinski definition) is 1. The van der Waals surface area contributed by atoms with Crippen molar-refractivity contribution in [2.24, 2.45) is 5.92 Å². The first-order valence-electron chi connectivity index (χ1n) is 9.83. The van der Waals surface area contributed by atoms with Crippen LogP contribution in [-0.2, 0) is 9.84 Å². The van der Waals surface area contributed by atoms with E-state index in [1.165, 1.54) is 18.3 Å². The fourth-order valence-electron chi connectivity index (χ4n) is 2.89. The molecule has 2 atom stereocenters. The summed E-state index contributed by atoms with van der Waals surface area (Å²) in [6.45, 7) is 8.98. The van der Waals surface area contributed by atoms with Crippen molar-refractivity contribution in [1.82, 2.24) is 15.3 Å². The SMILES string of the molecule is Cc1nc(C(=O)N[C@H](C)/C=C/S(C)(=O)=O)ncc1O[C@H](c1cccc(F)c1C)C(C)C. The smallest absolute Gasteiger partial charge is 0.289 e. The fraction of sp³-hybridized carbons (Fsp3) is 0.409. The van der Waals surface area contributed by atoms with Crippen LogP contribution < -0.4 is 10.1 Å². The van der Waals surface area contributed by atoms with Crippen LogP contribution in [0.5, 0.6) is 5.75 Å². The van der Waals surface area contributed by atoms with Crippen LogP contribution in [0.1, 0.15) is 54.3 Å². The van der Waals surface area contributed by atoms with Crippen LogP contribution in [0, 0.1) is 25.6 Å². The van der Waals surface area contributed by atoms with Crippen molar-refractivity contribution in [3.63, 3.8) is 0 Å². The molecule has 0 aliphatic carbocycles. The van der Waals surface area contributed by atoms with Crippen LogP contribution in [0.2, 0.25) is 0 Å². The molecule has 2 aromatic rings. The summed E-state index contributed by atoms with van der Waals surface area (Å²) in [5.74, 6) is -0.464. The van der Waals surface area contributed by atoms with Gasteiger partial charge in [-0.15, -0.1) is 0 Å². The number of halogens is 1. The number of carbonyl (C=O) groups excluding carboxylic acids is 1. The summed E-state index contributed by atoms with van der Waals surface area (Å²) < 4.78 is 42.5. The second-order valence-corrected chi connectivity index (χ2v) is 9.73. The number of hydrogen-bond acceptors (Lipinski definition) is 6. The van der Waals surface area contributed by atoms with Crippen molar-refractivity contribution in [3.05, 3.63) is 64.3 Å². The quantitative estimate of drug-likeness (QED) is 0.660. The van der Waals surface area contributed by atoms with E-state index in [4.69, 9.17) is 4.74 Å². The van der Waals surface area contributed by atoms with Gasteiger partial charge in [0.05, 0.1) is 11.9 Å². The lowest BCUT2D eigenvalue weighted by Gasteiger charge is -2.25. The third-order valence-electron chi connectivity index (χ3n) is 4.59. The van der Waals surface area contributed by atoms with Gasteiger partial charge in [0.1, 0.15) is 11.9 Å². The van der Waals surface area contributed by atoms with Gasteiger partial charge in [-0.3, -0.25) is 4.79 Å². The Hall–Kier alpha value is -2.81. The number of rotatable bonds is 8. The number of carbonyl (C=O) groups is 1. The minimum Gasteiger partial charge on any atom is -0.482 e. The van der Waals surface area contributed by atoms with E-state index in [1.54, 1.807) is 26.8 Å². The summed E-state index contributed by atoms with van der Waals surface area (Å²) in [7, 11) is -3.28. The van der Waals surface area contributed by atoms with Crippen molar-refractivity contribution in [1.29, 1.82) is 0 Å². The monoisotopic (exact) mass is 449 g/mol. The Labute approximate surface area is 182 Å². The lowest BCUT2D eigenvalue weighted by atomic mass is 9.95. The van der Waals surface area contributed by atoms with Gasteiger partial charge in [-0.1, -0.05) is 32.1 Å². The number of amides is 1. The summed E-state index contributed by atoms with van der Waals surface area (Å²) in [5, 5.41) is 3.65. The molecule has 0 aliphatic heterocycles. The predicted molar refractivity (Wildman–Crippen MR) is 117 cm³/mol. The molecule has 31 heavy (non-hydrogen) atoms. The van der Waals surface area contributed by atoms with Gasteiger partial charge >= 0.3 is 0 Å². The Kier molecular flexibility index (Phi) is 7.89. The van der Waals surface area contributed by atoms with Gasteiger partial charge in [-0.2, -0.15) is 0 Å². The zero-order valence-corrected chi connectivity index (χ0v) is 19.3. The minimum absolute atomic E-state index is 0.0466. The summed E-state index contributed by atoms with van der Waals surface area (Å²) in [6, 6.07) is 4.35. The Bertz CT molecular complexity index is 1080. The Morgan fingerprint density at radius 3 is 2.48 bits per heavy atom. The van der Waals surface area contributed by atoms with Gasteiger partial charge in [-0.05, 0) is 43.9 Å². The molecule has 2 rings (SSSR count). The molecule has 1 aromatic carbocycles. The summed E-state index contributed by atoms with van der Waals surface area (Å²) >= 11 is 0. The van der Waals surface area contributed by atoms with E-state index in [1.807, 2.05) is 19.9 Å². The molecule has 1 aromatic heterocycles. The lowest BCUT2D eigenvalue weighted by molar-refractivity contribution is 0.0935. The first kappa shape index (κ1) is 24.5. The highest BCUT2D eigenvalue weighted by Crippen LogP contribution is 2.32. The molecule has 0 saturated carbocycles. The van der Waals surface area contributed by atoms with Gasteiger partial charge in [-0.25, -0.2) is 22.8 Å². The van der Waals surface area contributed by atoms with Crippen LogP contribution in [0.4, 0.5) is 4.39 Å². The highest BCUT2D eigenvalue weighted by molar-refractivity contribution is 7.93. The molecule has 9 heteroatoms. The summed E-state index contributed by atoms with van der Waals surface area (Å²) in [5.41, 5.74) is 1.72. The third kappa shape index (κ3) is 6.85. The van der Waals surface area contributed by atoms with Crippen molar-refractivity contribution >= 4 is 15.7 Å². The number of ether oxygens (including phenoxy) is 1. The van der Waals surface area contributed by atoms with Gasteiger partial charge < -0.3 is 10.1 Å². The molecule has 1 N–H and O–H groups in total. The van der Waals surface area contributed by atoms with Crippen molar-refractivity contribution < 1.29 is 22.3 Å². The number of benzene rings is 1. The largest absolute Gasteiger partial charge is 0.482 e. The van der Waals surface area contributed by atoms with E-state index in [-0.39, 0.29) is 17.6 Å². The molecule has 0 fully saturated rings. The van der Waals surface area contributed by atoms with Gasteiger partial charge in [0.2, 0.25) is 5.82 Å². The number of aryl methyl sites for hydroxylation is 1. The van der Waals surface area contributed by atoms with Crippen LogP contribution in [0.3, 0.4) is 0 Å². The highest BCUT2D eigenvalue weighted by Gasteiger charge is 2.23. The number of sulfone groups is 1. The maximum atomic E-state index is 14.0. The molecule has 1 heterocycles. The number of aromatic nitrogens is 2. The van der Waals surface area contributed by atoms with Crippen LogP contribution >= 0.6 is 0 Å². The Morgan fingerprint density at radius 2 is 1.90 bits per heavy atom. The Balaban J connectivity index is 2.20. The van der Waals surface area contributed by atoms with Crippen LogP contribution in [-0.4, -0.2) is 36.6 Å². The average Bonchev–Trinajstić information content (AvgIpc) is 2.67. The fourth-order valence-corrected chi connectivity index (χ4v) is 3.41. The highest BCUT2D eigenvalue weighted by atomic mass is 32.2. The first-order chi connectivity index (χ1) is 14.4. The maximum absolute atomic E-state index is 14.0. The molecule has 168 valence electrons.